The highest BCUT2D eigenvalue weighted by Crippen LogP contribution is 2.16. The van der Waals surface area contributed by atoms with Crippen molar-refractivity contribution in [2.75, 3.05) is 7.11 Å². The number of hydrogen-bond acceptors (Lipinski definition) is 5. The van der Waals surface area contributed by atoms with Gasteiger partial charge in [-0.3, -0.25) is 4.79 Å². The molecule has 7 nitrogen and oxygen atoms in total. The first-order chi connectivity index (χ1) is 11.7. The summed E-state index contributed by atoms with van der Waals surface area (Å²) >= 11 is 0. The van der Waals surface area contributed by atoms with Crippen molar-refractivity contribution < 1.29 is 13.9 Å². The van der Waals surface area contributed by atoms with Crippen LogP contribution in [0.4, 0.5) is 4.39 Å². The summed E-state index contributed by atoms with van der Waals surface area (Å²) in [5, 5.41) is 13.5. The van der Waals surface area contributed by atoms with Crippen LogP contribution in [0, 0.1) is 5.82 Å². The molecule has 0 atom stereocenters. The first kappa shape index (κ1) is 15.6. The molecule has 0 spiro atoms. The molecule has 8 heteroatoms. The molecule has 2 aromatic carbocycles. The molecule has 0 radical (unpaired) electrons. The number of carbonyl (C=O) groups excluding carboxylic acids is 1. The van der Waals surface area contributed by atoms with Gasteiger partial charge in [-0.25, -0.2) is 4.39 Å². The number of carbonyl (C=O) groups is 1. The molecule has 1 aromatic heterocycles. The number of aromatic nitrogens is 4. The summed E-state index contributed by atoms with van der Waals surface area (Å²) in [6.45, 7) is 0.329. The van der Waals surface area contributed by atoms with Crippen molar-refractivity contribution in [2.24, 2.45) is 0 Å². The molecule has 1 amide bonds. The molecule has 3 rings (SSSR count). The van der Waals surface area contributed by atoms with E-state index in [1.54, 1.807) is 7.11 Å². The summed E-state index contributed by atoms with van der Waals surface area (Å²) in [4.78, 5) is 12.4. The van der Waals surface area contributed by atoms with Gasteiger partial charge in [-0.05, 0) is 40.3 Å². The Labute approximate surface area is 137 Å². The van der Waals surface area contributed by atoms with Crippen LogP contribution in [-0.2, 0) is 6.54 Å². The fourth-order valence-electron chi connectivity index (χ4n) is 2.18. The Kier molecular flexibility index (Phi) is 4.46. The number of halogens is 1. The summed E-state index contributed by atoms with van der Waals surface area (Å²) in [5.74, 6) is -0.0897. The highest BCUT2D eigenvalue weighted by Gasteiger charge is 2.14. The number of hydrogen-bond donors (Lipinski definition) is 1. The van der Waals surface area contributed by atoms with Crippen molar-refractivity contribution in [3.05, 3.63) is 65.7 Å². The van der Waals surface area contributed by atoms with Crippen molar-refractivity contribution in [3.8, 4) is 11.4 Å². The van der Waals surface area contributed by atoms with E-state index in [2.05, 4.69) is 20.8 Å². The Balaban J connectivity index is 1.77. The Bertz CT molecular complexity index is 834. The molecular weight excluding hydrogens is 313 g/mol. The van der Waals surface area contributed by atoms with Gasteiger partial charge in [0.1, 0.15) is 17.9 Å². The van der Waals surface area contributed by atoms with Gasteiger partial charge in [0.05, 0.1) is 18.4 Å². The SMILES string of the molecule is COc1ccc(CNC(=O)c2ccc(F)cc2-n2cnnn2)cc1. The average Bonchev–Trinajstić information content (AvgIpc) is 3.14. The molecular formula is C16H14FN5O2. The van der Waals surface area contributed by atoms with Crippen molar-refractivity contribution in [3.63, 3.8) is 0 Å². The predicted molar refractivity (Wildman–Crippen MR) is 83.3 cm³/mol. The molecule has 24 heavy (non-hydrogen) atoms. The van der Waals surface area contributed by atoms with Gasteiger partial charge < -0.3 is 10.1 Å². The van der Waals surface area contributed by atoms with E-state index in [0.29, 0.717) is 6.54 Å². The summed E-state index contributed by atoms with van der Waals surface area (Å²) in [6, 6.07) is 11.2. The summed E-state index contributed by atoms with van der Waals surface area (Å²) < 4.78 is 19.8. The van der Waals surface area contributed by atoms with Crippen LogP contribution in [0.2, 0.25) is 0 Å². The third-order valence-electron chi connectivity index (χ3n) is 3.41. The van der Waals surface area contributed by atoms with Crippen molar-refractivity contribution in [1.82, 2.24) is 25.5 Å². The second-order valence-corrected chi connectivity index (χ2v) is 4.95. The van der Waals surface area contributed by atoms with E-state index < -0.39 is 5.82 Å². The molecule has 0 bridgehead atoms. The van der Waals surface area contributed by atoms with Gasteiger partial charge in [0.15, 0.2) is 0 Å². The van der Waals surface area contributed by atoms with Gasteiger partial charge in [-0.2, -0.15) is 4.68 Å². The second-order valence-electron chi connectivity index (χ2n) is 4.95. The zero-order valence-electron chi connectivity index (χ0n) is 12.8. The fourth-order valence-corrected chi connectivity index (χ4v) is 2.18. The minimum Gasteiger partial charge on any atom is -0.497 e. The number of nitrogens with zero attached hydrogens (tertiary/aromatic N) is 4. The van der Waals surface area contributed by atoms with Crippen LogP contribution >= 0.6 is 0 Å². The van der Waals surface area contributed by atoms with E-state index in [0.717, 1.165) is 11.3 Å². The molecule has 3 aromatic rings. The maximum atomic E-state index is 13.5. The van der Waals surface area contributed by atoms with Gasteiger partial charge >= 0.3 is 0 Å². The van der Waals surface area contributed by atoms with E-state index in [1.165, 1.54) is 29.2 Å². The van der Waals surface area contributed by atoms with E-state index in [4.69, 9.17) is 4.74 Å². The van der Waals surface area contributed by atoms with Crippen LogP contribution in [0.1, 0.15) is 15.9 Å². The smallest absolute Gasteiger partial charge is 0.253 e. The predicted octanol–water partition coefficient (Wildman–Crippen LogP) is 1.74. The maximum Gasteiger partial charge on any atom is 0.253 e. The minimum atomic E-state index is -0.479. The molecule has 0 aliphatic heterocycles. The standard InChI is InChI=1S/C16H14FN5O2/c1-24-13-5-2-11(3-6-13)9-18-16(23)14-7-4-12(17)8-15(14)22-10-19-20-21-22/h2-8,10H,9H2,1H3,(H,18,23). The Morgan fingerprint density at radius 2 is 2.04 bits per heavy atom. The van der Waals surface area contributed by atoms with Crippen LogP contribution in [0.25, 0.3) is 5.69 Å². The second kappa shape index (κ2) is 6.86. The summed E-state index contributed by atoms with van der Waals surface area (Å²) in [6.07, 6.45) is 1.30. The van der Waals surface area contributed by atoms with Gasteiger partial charge in [0.2, 0.25) is 0 Å². The molecule has 0 saturated carbocycles. The topological polar surface area (TPSA) is 81.9 Å². The highest BCUT2D eigenvalue weighted by atomic mass is 19.1. The first-order valence-electron chi connectivity index (χ1n) is 7.11. The molecule has 1 heterocycles. The lowest BCUT2D eigenvalue weighted by Gasteiger charge is -2.10. The van der Waals surface area contributed by atoms with E-state index >= 15 is 0 Å². The largest absolute Gasteiger partial charge is 0.497 e. The maximum absolute atomic E-state index is 13.5. The fraction of sp³-hybridized carbons (Fsp3) is 0.125. The molecule has 0 saturated heterocycles. The average molecular weight is 327 g/mol. The molecule has 0 aliphatic rings. The van der Waals surface area contributed by atoms with Crippen LogP contribution < -0.4 is 10.1 Å². The van der Waals surface area contributed by atoms with Crippen molar-refractivity contribution >= 4 is 5.91 Å². The van der Waals surface area contributed by atoms with Crippen LogP contribution in [0.3, 0.4) is 0 Å². The summed E-state index contributed by atoms with van der Waals surface area (Å²) in [7, 11) is 1.59. The highest BCUT2D eigenvalue weighted by molar-refractivity contribution is 5.97. The van der Waals surface area contributed by atoms with Gasteiger partial charge in [0, 0.05) is 12.6 Å². The Morgan fingerprint density at radius 1 is 1.25 bits per heavy atom. The number of tetrazole rings is 1. The normalized spacial score (nSPS) is 10.4. The Hall–Kier alpha value is -3.29. The summed E-state index contributed by atoms with van der Waals surface area (Å²) in [5.41, 5.74) is 1.46. The lowest BCUT2D eigenvalue weighted by molar-refractivity contribution is 0.0950. The molecule has 1 N–H and O–H groups in total. The molecule has 122 valence electrons. The van der Waals surface area contributed by atoms with Crippen LogP contribution in [0.5, 0.6) is 5.75 Å². The molecule has 0 unspecified atom stereocenters. The lowest BCUT2D eigenvalue weighted by atomic mass is 10.1. The van der Waals surface area contributed by atoms with E-state index in [1.807, 2.05) is 24.3 Å². The number of ether oxygens (including phenoxy) is 1. The zero-order chi connectivity index (χ0) is 16.9. The third-order valence-corrected chi connectivity index (χ3v) is 3.41. The third kappa shape index (κ3) is 3.37. The molecule has 0 fully saturated rings. The quantitative estimate of drug-likeness (QED) is 0.772. The van der Waals surface area contributed by atoms with Crippen molar-refractivity contribution in [2.45, 2.75) is 6.54 Å². The van der Waals surface area contributed by atoms with Crippen LogP contribution in [0.15, 0.2) is 48.8 Å². The number of nitrogens with one attached hydrogen (secondary N) is 1. The number of benzene rings is 2. The lowest BCUT2D eigenvalue weighted by Crippen LogP contribution is -2.24. The first-order valence-corrected chi connectivity index (χ1v) is 7.11. The number of amides is 1. The molecule has 0 aliphatic carbocycles. The van der Waals surface area contributed by atoms with Crippen molar-refractivity contribution in [1.29, 1.82) is 0 Å². The zero-order valence-corrected chi connectivity index (χ0v) is 12.8. The van der Waals surface area contributed by atoms with Crippen LogP contribution in [-0.4, -0.2) is 33.2 Å². The monoisotopic (exact) mass is 327 g/mol. The Morgan fingerprint density at radius 3 is 2.71 bits per heavy atom. The van der Waals surface area contributed by atoms with E-state index in [-0.39, 0.29) is 17.2 Å². The number of rotatable bonds is 5. The van der Waals surface area contributed by atoms with Gasteiger partial charge in [-0.15, -0.1) is 5.10 Å². The van der Waals surface area contributed by atoms with Gasteiger partial charge in [0.25, 0.3) is 5.91 Å². The van der Waals surface area contributed by atoms with Gasteiger partial charge in [-0.1, -0.05) is 12.1 Å². The number of methoxy groups -OCH3 is 1. The van der Waals surface area contributed by atoms with E-state index in [9.17, 15) is 9.18 Å². The minimum absolute atomic E-state index is 0.271.